The van der Waals surface area contributed by atoms with Crippen LogP contribution in [0.5, 0.6) is 0 Å². The molecule has 1 amide bonds. The summed E-state index contributed by atoms with van der Waals surface area (Å²) in [4.78, 5) is 24.8. The van der Waals surface area contributed by atoms with Crippen LogP contribution in [-0.2, 0) is 11.2 Å². The number of carbonyl (C=O) groups is 1. The van der Waals surface area contributed by atoms with Gasteiger partial charge in [0.15, 0.2) is 0 Å². The summed E-state index contributed by atoms with van der Waals surface area (Å²) in [7, 11) is 0. The molecule has 1 unspecified atom stereocenters. The molecule has 1 aromatic carbocycles. The van der Waals surface area contributed by atoms with Crippen LogP contribution >= 0.6 is 15.9 Å². The van der Waals surface area contributed by atoms with Gasteiger partial charge in [-0.15, -0.1) is 0 Å². The lowest BCUT2D eigenvalue weighted by Gasteiger charge is -2.37. The minimum atomic E-state index is -0.150. The lowest BCUT2D eigenvalue weighted by Crippen LogP contribution is -2.52. The van der Waals surface area contributed by atoms with Crippen LogP contribution in [0.25, 0.3) is 0 Å². The Morgan fingerprint density at radius 1 is 1.22 bits per heavy atom. The van der Waals surface area contributed by atoms with Gasteiger partial charge in [0.05, 0.1) is 6.54 Å². The number of alkyl halides is 1. The van der Waals surface area contributed by atoms with Gasteiger partial charge >= 0.3 is 0 Å². The molecule has 2 aromatic rings. The maximum atomic E-state index is 12.5. The molecule has 0 radical (unpaired) electrons. The normalized spacial score (nSPS) is 16.6. The average Bonchev–Trinajstić information content (AvgIpc) is 2.71. The Morgan fingerprint density at radius 3 is 2.63 bits per heavy atom. The predicted molar refractivity (Wildman–Crippen MR) is 111 cm³/mol. The van der Waals surface area contributed by atoms with E-state index in [2.05, 4.69) is 56.8 Å². The number of hydrogen-bond donors (Lipinski definition) is 0. The second-order valence-corrected chi connectivity index (χ2v) is 7.54. The summed E-state index contributed by atoms with van der Waals surface area (Å²) in [5.41, 5.74) is 2.19. The fourth-order valence-electron chi connectivity index (χ4n) is 2.93. The molecule has 2 heterocycles. The molecule has 1 aliphatic rings. The SMILES string of the molecule is CCCCc1ccc(C#CC(=O)N2CCN(c3ncccn3)C(Br)C2)cc1. The molecule has 5 nitrogen and oxygen atoms in total. The Morgan fingerprint density at radius 2 is 1.96 bits per heavy atom. The first-order valence-corrected chi connectivity index (χ1v) is 10.2. The highest BCUT2D eigenvalue weighted by Gasteiger charge is 2.28. The second kappa shape index (κ2) is 9.52. The van der Waals surface area contributed by atoms with E-state index in [1.807, 2.05) is 17.0 Å². The molecule has 1 fully saturated rings. The molecule has 0 saturated carbocycles. The van der Waals surface area contributed by atoms with E-state index < -0.39 is 0 Å². The first-order valence-electron chi connectivity index (χ1n) is 9.25. The summed E-state index contributed by atoms with van der Waals surface area (Å²) in [5, 5.41) is 0. The van der Waals surface area contributed by atoms with Gasteiger partial charge in [0.25, 0.3) is 5.91 Å². The van der Waals surface area contributed by atoms with Crippen molar-refractivity contribution in [2.75, 3.05) is 24.5 Å². The van der Waals surface area contributed by atoms with Crippen LogP contribution in [0.1, 0.15) is 30.9 Å². The fourth-order valence-corrected chi connectivity index (χ4v) is 3.67. The molecule has 1 saturated heterocycles. The first-order chi connectivity index (χ1) is 13.2. The number of unbranched alkanes of at least 4 members (excludes halogenated alkanes) is 1. The molecule has 27 heavy (non-hydrogen) atoms. The van der Waals surface area contributed by atoms with E-state index in [0.29, 0.717) is 25.6 Å². The monoisotopic (exact) mass is 426 g/mol. The van der Waals surface area contributed by atoms with Crippen LogP contribution in [0.15, 0.2) is 42.7 Å². The zero-order chi connectivity index (χ0) is 19.1. The van der Waals surface area contributed by atoms with Gasteiger partial charge in [-0.1, -0.05) is 47.3 Å². The average molecular weight is 427 g/mol. The van der Waals surface area contributed by atoms with Gasteiger partial charge in [-0.3, -0.25) is 4.79 Å². The summed E-state index contributed by atoms with van der Waals surface area (Å²) in [6.45, 7) is 4.00. The maximum absolute atomic E-state index is 12.5. The molecule has 1 aromatic heterocycles. The van der Waals surface area contributed by atoms with Crippen LogP contribution < -0.4 is 4.90 Å². The smallest absolute Gasteiger partial charge is 0.298 e. The van der Waals surface area contributed by atoms with E-state index in [1.165, 1.54) is 18.4 Å². The number of rotatable bonds is 4. The molecule has 6 heteroatoms. The van der Waals surface area contributed by atoms with Gasteiger partial charge in [-0.2, -0.15) is 0 Å². The number of nitrogens with zero attached hydrogens (tertiary/aromatic N) is 4. The summed E-state index contributed by atoms with van der Waals surface area (Å²) < 4.78 is 0. The van der Waals surface area contributed by atoms with Crippen molar-refractivity contribution >= 4 is 27.8 Å². The Bertz CT molecular complexity index is 814. The number of benzene rings is 1. The Kier molecular flexibility index (Phi) is 6.83. The number of carbonyl (C=O) groups excluding carboxylic acids is 1. The van der Waals surface area contributed by atoms with Crippen molar-refractivity contribution in [3.63, 3.8) is 0 Å². The second-order valence-electron chi connectivity index (χ2n) is 6.48. The van der Waals surface area contributed by atoms with Crippen LogP contribution in [-0.4, -0.2) is 45.4 Å². The van der Waals surface area contributed by atoms with Crippen molar-refractivity contribution < 1.29 is 4.79 Å². The minimum Gasteiger partial charge on any atom is -0.327 e. The van der Waals surface area contributed by atoms with Crippen molar-refractivity contribution in [1.29, 1.82) is 0 Å². The fraction of sp³-hybridized carbons (Fsp3) is 0.381. The van der Waals surface area contributed by atoms with E-state index >= 15 is 0 Å². The molecule has 1 atom stereocenters. The molecule has 0 N–H and O–H groups in total. The van der Waals surface area contributed by atoms with Crippen molar-refractivity contribution in [1.82, 2.24) is 14.9 Å². The molecular formula is C21H23BrN4O. The van der Waals surface area contributed by atoms with Gasteiger partial charge in [-0.05, 0) is 36.6 Å². The predicted octanol–water partition coefficient (Wildman–Crippen LogP) is 3.24. The number of amides is 1. The molecule has 140 valence electrons. The Balaban J connectivity index is 1.57. The number of halogens is 1. The van der Waals surface area contributed by atoms with Gasteiger partial charge in [-0.25, -0.2) is 9.97 Å². The number of anilines is 1. The van der Waals surface area contributed by atoms with Gasteiger partial charge < -0.3 is 9.80 Å². The third kappa shape index (κ3) is 5.30. The van der Waals surface area contributed by atoms with Crippen LogP contribution in [0.2, 0.25) is 0 Å². The van der Waals surface area contributed by atoms with Crippen molar-refractivity contribution in [2.45, 2.75) is 31.1 Å². The molecule has 0 spiro atoms. The van der Waals surface area contributed by atoms with Crippen LogP contribution in [0.4, 0.5) is 5.95 Å². The number of aromatic nitrogens is 2. The largest absolute Gasteiger partial charge is 0.327 e. The van der Waals surface area contributed by atoms with Crippen molar-refractivity contribution in [3.8, 4) is 11.8 Å². The molecular weight excluding hydrogens is 404 g/mol. The third-order valence-corrected chi connectivity index (χ3v) is 5.29. The summed E-state index contributed by atoms with van der Waals surface area (Å²) >= 11 is 3.63. The molecule has 3 rings (SSSR count). The molecule has 0 aliphatic carbocycles. The number of aryl methyl sites for hydroxylation is 1. The summed E-state index contributed by atoms with van der Waals surface area (Å²) in [5.74, 6) is 6.28. The highest BCUT2D eigenvalue weighted by molar-refractivity contribution is 9.09. The van der Waals surface area contributed by atoms with Crippen LogP contribution in [0, 0.1) is 11.8 Å². The van der Waals surface area contributed by atoms with Crippen molar-refractivity contribution in [2.24, 2.45) is 0 Å². The van der Waals surface area contributed by atoms with Crippen molar-refractivity contribution in [3.05, 3.63) is 53.9 Å². The highest BCUT2D eigenvalue weighted by Crippen LogP contribution is 2.19. The van der Waals surface area contributed by atoms with Gasteiger partial charge in [0.2, 0.25) is 5.95 Å². The number of piperazine rings is 1. The van der Waals surface area contributed by atoms with E-state index in [9.17, 15) is 4.79 Å². The Labute approximate surface area is 168 Å². The van der Waals surface area contributed by atoms with Gasteiger partial charge in [0.1, 0.15) is 4.95 Å². The molecule has 1 aliphatic heterocycles. The zero-order valence-electron chi connectivity index (χ0n) is 15.4. The van der Waals surface area contributed by atoms with E-state index in [0.717, 1.165) is 12.0 Å². The quantitative estimate of drug-likeness (QED) is 0.427. The lowest BCUT2D eigenvalue weighted by molar-refractivity contribution is -0.125. The standard InChI is InChI=1S/C21H23BrN4O/c1-2-3-5-17-6-8-18(9-7-17)10-11-20(27)25-14-15-26(19(22)16-25)21-23-12-4-13-24-21/h4,6-9,12-13,19H,2-3,5,14-16H2,1H3. The van der Waals surface area contributed by atoms with E-state index in [-0.39, 0.29) is 10.9 Å². The minimum absolute atomic E-state index is 0.0303. The third-order valence-electron chi connectivity index (χ3n) is 4.50. The lowest BCUT2D eigenvalue weighted by atomic mass is 10.1. The summed E-state index contributed by atoms with van der Waals surface area (Å²) in [6, 6.07) is 9.96. The first kappa shape index (κ1) is 19.4. The maximum Gasteiger partial charge on any atom is 0.298 e. The number of hydrogen-bond acceptors (Lipinski definition) is 4. The van der Waals surface area contributed by atoms with Gasteiger partial charge in [0, 0.05) is 37.0 Å². The summed E-state index contributed by atoms with van der Waals surface area (Å²) in [6.07, 6.45) is 6.91. The van der Waals surface area contributed by atoms with E-state index in [4.69, 9.17) is 0 Å². The van der Waals surface area contributed by atoms with Crippen LogP contribution in [0.3, 0.4) is 0 Å². The van der Waals surface area contributed by atoms with E-state index in [1.54, 1.807) is 23.4 Å². The highest BCUT2D eigenvalue weighted by atomic mass is 79.9. The zero-order valence-corrected chi connectivity index (χ0v) is 17.0. The Hall–Kier alpha value is -2.39. The molecule has 0 bridgehead atoms. The topological polar surface area (TPSA) is 49.3 Å².